The van der Waals surface area contributed by atoms with Crippen LogP contribution in [-0.2, 0) is 19.3 Å². The number of hydrazone groups is 1. The van der Waals surface area contributed by atoms with Crippen LogP contribution in [0.2, 0.25) is 0 Å². The molecule has 4 aromatic rings. The van der Waals surface area contributed by atoms with Crippen molar-refractivity contribution in [3.8, 4) is 28.4 Å². The Kier molecular flexibility index (Phi) is 7.00. The molecule has 0 fully saturated rings. The molecule has 0 saturated heterocycles. The summed E-state index contributed by atoms with van der Waals surface area (Å²) in [6.45, 7) is 1.73. The van der Waals surface area contributed by atoms with Crippen LogP contribution in [0.5, 0.6) is 5.75 Å². The second-order valence-electron chi connectivity index (χ2n) is 8.89. The highest BCUT2D eigenvalue weighted by atomic mass is 19.4. The van der Waals surface area contributed by atoms with Crippen molar-refractivity contribution in [3.05, 3.63) is 82.8 Å². The summed E-state index contributed by atoms with van der Waals surface area (Å²) in [7, 11) is 0. The molecule has 1 unspecified atom stereocenters. The second-order valence-corrected chi connectivity index (χ2v) is 8.89. The first-order chi connectivity index (χ1) is 18.6. The Labute approximate surface area is 218 Å². The lowest BCUT2D eigenvalue weighted by molar-refractivity contribution is -0.137. The largest absolute Gasteiger partial charge is 0.491 e. The SMILES string of the molecule is CC(O)COc1ccc(-c2ccc(CN3Cc4nc(-c5cccc(F)c5F)[nH]c4C=N3)nn2)c(C(F)(F)F)c1. The normalized spacial score (nSPS) is 13.9. The quantitative estimate of drug-likeness (QED) is 0.320. The zero-order valence-corrected chi connectivity index (χ0v) is 20.4. The number of H-pyrrole nitrogens is 1. The van der Waals surface area contributed by atoms with Gasteiger partial charge in [-0.25, -0.2) is 13.8 Å². The Morgan fingerprint density at radius 2 is 1.90 bits per heavy atom. The summed E-state index contributed by atoms with van der Waals surface area (Å²) in [6, 6.07) is 10.3. The van der Waals surface area contributed by atoms with Crippen molar-refractivity contribution in [2.45, 2.75) is 32.3 Å². The predicted octanol–water partition coefficient (Wildman–Crippen LogP) is 4.94. The fourth-order valence-corrected chi connectivity index (χ4v) is 3.98. The lowest BCUT2D eigenvalue weighted by Crippen LogP contribution is -2.22. The molecule has 1 aliphatic rings. The molecule has 5 rings (SSSR count). The highest BCUT2D eigenvalue weighted by molar-refractivity contribution is 5.80. The maximum Gasteiger partial charge on any atom is 0.417 e. The van der Waals surface area contributed by atoms with Gasteiger partial charge in [-0.15, -0.1) is 0 Å². The van der Waals surface area contributed by atoms with Crippen molar-refractivity contribution in [3.63, 3.8) is 0 Å². The molecule has 0 spiro atoms. The molecule has 3 heterocycles. The summed E-state index contributed by atoms with van der Waals surface area (Å²) in [5, 5.41) is 23.3. The van der Waals surface area contributed by atoms with Crippen LogP contribution in [0.15, 0.2) is 53.6 Å². The number of benzene rings is 2. The average Bonchev–Trinajstić information content (AvgIpc) is 3.32. The fourth-order valence-electron chi connectivity index (χ4n) is 3.98. The summed E-state index contributed by atoms with van der Waals surface area (Å²) in [6.07, 6.45) is -4.01. The number of nitrogens with one attached hydrogen (secondary N) is 1. The highest BCUT2D eigenvalue weighted by Crippen LogP contribution is 2.38. The van der Waals surface area contributed by atoms with Gasteiger partial charge in [0.1, 0.15) is 18.2 Å². The summed E-state index contributed by atoms with van der Waals surface area (Å²) < 4.78 is 74.2. The van der Waals surface area contributed by atoms with Crippen molar-refractivity contribution in [2.24, 2.45) is 5.10 Å². The molecule has 202 valence electrons. The summed E-state index contributed by atoms with van der Waals surface area (Å²) >= 11 is 0. The monoisotopic (exact) mass is 544 g/mol. The number of imidazole rings is 1. The fraction of sp³-hybridized carbons (Fsp3) is 0.231. The van der Waals surface area contributed by atoms with E-state index in [0.29, 0.717) is 17.1 Å². The van der Waals surface area contributed by atoms with Crippen LogP contribution in [0.4, 0.5) is 22.0 Å². The zero-order valence-electron chi connectivity index (χ0n) is 20.4. The van der Waals surface area contributed by atoms with E-state index in [-0.39, 0.29) is 48.1 Å². The van der Waals surface area contributed by atoms with Gasteiger partial charge in [0.2, 0.25) is 0 Å². The van der Waals surface area contributed by atoms with Crippen LogP contribution >= 0.6 is 0 Å². The minimum Gasteiger partial charge on any atom is -0.491 e. The maximum atomic E-state index is 14.2. The average molecular weight is 544 g/mol. The number of rotatable bonds is 7. The minimum atomic E-state index is -4.67. The van der Waals surface area contributed by atoms with Crippen LogP contribution in [-0.4, -0.2) is 49.2 Å². The van der Waals surface area contributed by atoms with E-state index in [2.05, 4.69) is 25.3 Å². The molecule has 1 aliphatic heterocycles. The molecule has 8 nitrogen and oxygen atoms in total. The van der Waals surface area contributed by atoms with Gasteiger partial charge in [0.05, 0.1) is 59.3 Å². The van der Waals surface area contributed by atoms with E-state index in [4.69, 9.17) is 4.74 Å². The van der Waals surface area contributed by atoms with Gasteiger partial charge < -0.3 is 14.8 Å². The topological polar surface area (TPSA) is 99.5 Å². The van der Waals surface area contributed by atoms with Crippen molar-refractivity contribution in [2.75, 3.05) is 6.61 Å². The molecular weight excluding hydrogens is 523 g/mol. The molecule has 0 saturated carbocycles. The van der Waals surface area contributed by atoms with Crippen LogP contribution in [0.1, 0.15) is 29.6 Å². The number of halogens is 5. The Balaban J connectivity index is 1.31. The van der Waals surface area contributed by atoms with Crippen LogP contribution in [0.25, 0.3) is 22.6 Å². The number of aliphatic hydroxyl groups is 1. The molecule has 1 atom stereocenters. The Morgan fingerprint density at radius 3 is 2.62 bits per heavy atom. The number of aliphatic hydroxyl groups excluding tert-OH is 1. The van der Waals surface area contributed by atoms with Gasteiger partial charge in [0, 0.05) is 5.56 Å². The Hall–Kier alpha value is -4.39. The van der Waals surface area contributed by atoms with E-state index in [0.717, 1.165) is 12.1 Å². The van der Waals surface area contributed by atoms with Gasteiger partial charge >= 0.3 is 6.18 Å². The molecule has 2 aromatic carbocycles. The van der Waals surface area contributed by atoms with Gasteiger partial charge in [-0.1, -0.05) is 6.07 Å². The molecule has 13 heteroatoms. The Morgan fingerprint density at radius 1 is 1.08 bits per heavy atom. The van der Waals surface area contributed by atoms with E-state index in [1.165, 1.54) is 43.5 Å². The number of nitrogens with zero attached hydrogens (tertiary/aromatic N) is 5. The highest BCUT2D eigenvalue weighted by Gasteiger charge is 2.35. The second kappa shape index (κ2) is 10.4. The van der Waals surface area contributed by atoms with E-state index in [1.54, 1.807) is 11.1 Å². The molecule has 2 N–H and O–H groups in total. The number of aromatic amines is 1. The van der Waals surface area contributed by atoms with Crippen LogP contribution in [0.3, 0.4) is 0 Å². The molecule has 0 bridgehead atoms. The predicted molar refractivity (Wildman–Crippen MR) is 130 cm³/mol. The van der Waals surface area contributed by atoms with Gasteiger partial charge in [-0.3, -0.25) is 5.01 Å². The lowest BCUT2D eigenvalue weighted by Gasteiger charge is -2.20. The summed E-state index contributed by atoms with van der Waals surface area (Å²) in [5.41, 5.74) is 0.452. The molecule has 2 aromatic heterocycles. The summed E-state index contributed by atoms with van der Waals surface area (Å²) in [4.78, 5) is 7.30. The van der Waals surface area contributed by atoms with Gasteiger partial charge in [0.15, 0.2) is 11.6 Å². The number of hydrogen-bond donors (Lipinski definition) is 2. The van der Waals surface area contributed by atoms with E-state index in [9.17, 15) is 27.1 Å². The molecule has 0 aliphatic carbocycles. The van der Waals surface area contributed by atoms with Gasteiger partial charge in [0.25, 0.3) is 0 Å². The molecule has 0 radical (unpaired) electrons. The first-order valence-electron chi connectivity index (χ1n) is 11.8. The van der Waals surface area contributed by atoms with E-state index >= 15 is 0 Å². The third-order valence-electron chi connectivity index (χ3n) is 5.83. The number of hydrogen-bond acceptors (Lipinski definition) is 7. The number of aromatic nitrogens is 4. The van der Waals surface area contributed by atoms with Crippen molar-refractivity contribution in [1.82, 2.24) is 25.2 Å². The Bertz CT molecular complexity index is 1520. The molecular formula is C26H21F5N6O2. The first-order valence-corrected chi connectivity index (χ1v) is 11.8. The van der Waals surface area contributed by atoms with Crippen molar-refractivity contribution in [1.29, 1.82) is 0 Å². The van der Waals surface area contributed by atoms with Gasteiger partial charge in [-0.05, 0) is 49.4 Å². The number of fused-ring (bicyclic) bond motifs is 1. The van der Waals surface area contributed by atoms with Gasteiger partial charge in [-0.2, -0.15) is 28.5 Å². The van der Waals surface area contributed by atoms with Crippen LogP contribution in [0, 0.1) is 11.6 Å². The first kappa shape index (κ1) is 26.2. The zero-order chi connectivity index (χ0) is 27.7. The number of alkyl halides is 3. The van der Waals surface area contributed by atoms with E-state index in [1.807, 2.05) is 0 Å². The number of ether oxygens (including phenoxy) is 1. The molecule has 39 heavy (non-hydrogen) atoms. The van der Waals surface area contributed by atoms with Crippen molar-refractivity contribution < 1.29 is 31.8 Å². The van der Waals surface area contributed by atoms with E-state index < -0.39 is 29.5 Å². The standard InChI is InChI=1S/C26H21F5N6O2/c1-14(38)13-39-16-6-7-17(19(9-16)26(29,30)31)21-8-5-15(35-36-21)11-37-12-23-22(10-32-37)33-25(34-23)18-3-2-4-20(27)24(18)28/h2-10,14,38H,11-13H2,1H3,(H,33,34). The van der Waals surface area contributed by atoms with Crippen LogP contribution < -0.4 is 4.74 Å². The summed E-state index contributed by atoms with van der Waals surface area (Å²) in [5.74, 6) is -1.86. The minimum absolute atomic E-state index is 0.00779. The lowest BCUT2D eigenvalue weighted by atomic mass is 10.0. The third-order valence-corrected chi connectivity index (χ3v) is 5.83. The molecule has 0 amide bonds. The maximum absolute atomic E-state index is 14.2. The third kappa shape index (κ3) is 5.72. The smallest absolute Gasteiger partial charge is 0.417 e. The van der Waals surface area contributed by atoms with Crippen molar-refractivity contribution >= 4 is 6.21 Å².